The SMILES string of the molecule is COCc1nn2c(=O)cc(COC(=O)c3ccc(Cl)cc3)nc2s1. The van der Waals surface area contributed by atoms with Gasteiger partial charge in [-0.05, 0) is 24.3 Å². The molecule has 7 nitrogen and oxygen atoms in total. The first-order valence-corrected chi connectivity index (χ1v) is 8.06. The van der Waals surface area contributed by atoms with E-state index in [1.807, 2.05) is 0 Å². The molecule has 0 radical (unpaired) electrons. The zero-order valence-corrected chi connectivity index (χ0v) is 14.1. The van der Waals surface area contributed by atoms with Crippen molar-refractivity contribution in [3.05, 3.63) is 62.0 Å². The number of halogens is 1. The fourth-order valence-corrected chi connectivity index (χ4v) is 2.98. The highest BCUT2D eigenvalue weighted by Crippen LogP contribution is 2.14. The summed E-state index contributed by atoms with van der Waals surface area (Å²) < 4.78 is 11.4. The van der Waals surface area contributed by atoms with Gasteiger partial charge >= 0.3 is 5.97 Å². The molecular formula is C15H12ClN3O4S. The first-order chi connectivity index (χ1) is 11.6. The molecule has 2 aromatic heterocycles. The molecular weight excluding hydrogens is 354 g/mol. The van der Waals surface area contributed by atoms with Crippen LogP contribution in [0.1, 0.15) is 21.1 Å². The van der Waals surface area contributed by atoms with E-state index in [0.29, 0.717) is 32.9 Å². The first-order valence-electron chi connectivity index (χ1n) is 6.87. The minimum atomic E-state index is -0.516. The molecule has 124 valence electrons. The van der Waals surface area contributed by atoms with E-state index >= 15 is 0 Å². The summed E-state index contributed by atoms with van der Waals surface area (Å²) in [5.74, 6) is -0.516. The standard InChI is InChI=1S/C15H12ClN3O4S/c1-22-8-12-18-19-13(20)6-11(17-15(19)24-12)7-23-14(21)9-2-4-10(16)5-3-9/h2-6H,7-8H2,1H3. The van der Waals surface area contributed by atoms with Gasteiger partial charge in [0, 0.05) is 18.2 Å². The second-order valence-corrected chi connectivity index (χ2v) is 6.27. The van der Waals surface area contributed by atoms with Gasteiger partial charge in [-0.2, -0.15) is 9.61 Å². The van der Waals surface area contributed by atoms with Gasteiger partial charge in [-0.25, -0.2) is 9.78 Å². The number of nitrogens with zero attached hydrogens (tertiary/aromatic N) is 3. The lowest BCUT2D eigenvalue weighted by Gasteiger charge is -2.04. The van der Waals surface area contributed by atoms with E-state index in [0.717, 1.165) is 0 Å². The maximum absolute atomic E-state index is 12.0. The van der Waals surface area contributed by atoms with E-state index in [4.69, 9.17) is 21.1 Å². The van der Waals surface area contributed by atoms with Gasteiger partial charge in [-0.1, -0.05) is 22.9 Å². The Morgan fingerprint density at radius 2 is 2.04 bits per heavy atom. The summed E-state index contributed by atoms with van der Waals surface area (Å²) in [5, 5.41) is 5.28. The smallest absolute Gasteiger partial charge is 0.338 e. The van der Waals surface area contributed by atoms with Crippen LogP contribution < -0.4 is 5.56 Å². The van der Waals surface area contributed by atoms with E-state index in [-0.39, 0.29) is 12.2 Å². The Kier molecular flexibility index (Phi) is 4.89. The van der Waals surface area contributed by atoms with Gasteiger partial charge in [0.15, 0.2) is 0 Å². The van der Waals surface area contributed by atoms with Crippen LogP contribution in [-0.2, 0) is 22.7 Å². The van der Waals surface area contributed by atoms with E-state index in [2.05, 4.69) is 10.1 Å². The molecule has 0 unspecified atom stereocenters. The Morgan fingerprint density at radius 3 is 2.75 bits per heavy atom. The predicted octanol–water partition coefficient (Wildman–Crippen LogP) is 2.31. The molecule has 0 amide bonds. The summed E-state index contributed by atoms with van der Waals surface area (Å²) in [5.41, 5.74) is 0.392. The summed E-state index contributed by atoms with van der Waals surface area (Å²) in [6.45, 7) is 0.194. The lowest BCUT2D eigenvalue weighted by atomic mass is 10.2. The highest BCUT2D eigenvalue weighted by Gasteiger charge is 2.11. The molecule has 3 rings (SSSR count). The highest BCUT2D eigenvalue weighted by atomic mass is 35.5. The van der Waals surface area contributed by atoms with Crippen molar-refractivity contribution in [3.8, 4) is 0 Å². The summed E-state index contributed by atoms with van der Waals surface area (Å²) >= 11 is 7.02. The molecule has 0 aliphatic heterocycles. The third kappa shape index (κ3) is 3.61. The van der Waals surface area contributed by atoms with E-state index < -0.39 is 5.97 Å². The molecule has 3 aromatic rings. The van der Waals surface area contributed by atoms with Crippen molar-refractivity contribution in [2.24, 2.45) is 0 Å². The second kappa shape index (κ2) is 7.08. The van der Waals surface area contributed by atoms with Crippen LogP contribution in [0.5, 0.6) is 0 Å². The number of aromatic nitrogens is 3. The molecule has 0 saturated carbocycles. The van der Waals surface area contributed by atoms with Crippen LogP contribution in [0.25, 0.3) is 4.96 Å². The largest absolute Gasteiger partial charge is 0.456 e. The van der Waals surface area contributed by atoms with Gasteiger partial charge in [0.05, 0.1) is 17.9 Å². The summed E-state index contributed by atoms with van der Waals surface area (Å²) in [6.07, 6.45) is 0. The summed E-state index contributed by atoms with van der Waals surface area (Å²) in [7, 11) is 1.55. The molecule has 0 spiro atoms. The highest BCUT2D eigenvalue weighted by molar-refractivity contribution is 7.16. The number of fused-ring (bicyclic) bond motifs is 1. The molecule has 0 aliphatic rings. The predicted molar refractivity (Wildman–Crippen MR) is 88.4 cm³/mol. The van der Waals surface area contributed by atoms with Crippen molar-refractivity contribution in [2.75, 3.05) is 7.11 Å². The first kappa shape index (κ1) is 16.6. The van der Waals surface area contributed by atoms with E-state index in [9.17, 15) is 9.59 Å². The Labute approximate surface area is 145 Å². The number of hydrogen-bond acceptors (Lipinski definition) is 7. The number of ether oxygens (including phenoxy) is 2. The monoisotopic (exact) mass is 365 g/mol. The fraction of sp³-hybridized carbons (Fsp3) is 0.200. The van der Waals surface area contributed by atoms with Gasteiger partial charge < -0.3 is 9.47 Å². The van der Waals surface area contributed by atoms with Gasteiger partial charge in [-0.3, -0.25) is 4.79 Å². The van der Waals surface area contributed by atoms with Crippen molar-refractivity contribution in [3.63, 3.8) is 0 Å². The third-order valence-corrected chi connectivity index (χ3v) is 4.17. The number of benzene rings is 1. The number of hydrogen-bond donors (Lipinski definition) is 0. The fourth-order valence-electron chi connectivity index (χ4n) is 1.96. The maximum Gasteiger partial charge on any atom is 0.338 e. The lowest BCUT2D eigenvalue weighted by molar-refractivity contribution is 0.0468. The molecule has 2 heterocycles. The van der Waals surface area contributed by atoms with Crippen molar-refractivity contribution in [1.29, 1.82) is 0 Å². The molecule has 9 heteroatoms. The lowest BCUT2D eigenvalue weighted by Crippen LogP contribution is -2.16. The minimum Gasteiger partial charge on any atom is -0.456 e. The second-order valence-electron chi connectivity index (χ2n) is 4.79. The summed E-state index contributed by atoms with van der Waals surface area (Å²) in [4.78, 5) is 28.7. The Balaban J connectivity index is 1.76. The minimum absolute atomic E-state index is 0.106. The number of rotatable bonds is 5. The molecule has 0 N–H and O–H groups in total. The van der Waals surface area contributed by atoms with Crippen molar-refractivity contribution in [1.82, 2.24) is 14.6 Å². The molecule has 0 aliphatic carbocycles. The van der Waals surface area contributed by atoms with E-state index in [1.165, 1.54) is 21.9 Å². The average Bonchev–Trinajstić information content (AvgIpc) is 2.97. The summed E-state index contributed by atoms with van der Waals surface area (Å²) in [6, 6.07) is 7.62. The molecule has 24 heavy (non-hydrogen) atoms. The van der Waals surface area contributed by atoms with Gasteiger partial charge in [0.25, 0.3) is 5.56 Å². The molecule has 0 atom stereocenters. The van der Waals surface area contributed by atoms with Gasteiger partial charge in [-0.15, -0.1) is 0 Å². The zero-order chi connectivity index (χ0) is 17.1. The molecule has 0 saturated heterocycles. The number of carbonyl (C=O) groups is 1. The van der Waals surface area contributed by atoms with Crippen LogP contribution in [0.3, 0.4) is 0 Å². The third-order valence-electron chi connectivity index (χ3n) is 3.04. The van der Waals surface area contributed by atoms with Crippen molar-refractivity contribution in [2.45, 2.75) is 13.2 Å². The quantitative estimate of drug-likeness (QED) is 0.645. The van der Waals surface area contributed by atoms with Crippen LogP contribution in [0, 0.1) is 0 Å². The van der Waals surface area contributed by atoms with Crippen LogP contribution in [0.2, 0.25) is 5.02 Å². The number of methoxy groups -OCH3 is 1. The number of esters is 1. The average molecular weight is 366 g/mol. The van der Waals surface area contributed by atoms with Gasteiger partial charge in [0.2, 0.25) is 4.96 Å². The molecule has 0 bridgehead atoms. The van der Waals surface area contributed by atoms with Crippen molar-refractivity contribution >= 4 is 33.9 Å². The van der Waals surface area contributed by atoms with Crippen LogP contribution in [0.4, 0.5) is 0 Å². The van der Waals surface area contributed by atoms with Gasteiger partial charge in [0.1, 0.15) is 11.6 Å². The normalized spacial score (nSPS) is 10.9. The zero-order valence-electron chi connectivity index (χ0n) is 12.6. The number of carbonyl (C=O) groups excluding carboxylic acids is 1. The Bertz CT molecular complexity index is 936. The van der Waals surface area contributed by atoms with E-state index in [1.54, 1.807) is 31.4 Å². The van der Waals surface area contributed by atoms with Crippen molar-refractivity contribution < 1.29 is 14.3 Å². The Hall–Kier alpha value is -2.29. The van der Waals surface area contributed by atoms with Crippen LogP contribution in [0.15, 0.2) is 35.1 Å². The topological polar surface area (TPSA) is 82.8 Å². The van der Waals surface area contributed by atoms with Crippen LogP contribution >= 0.6 is 22.9 Å². The van der Waals surface area contributed by atoms with Crippen LogP contribution in [-0.4, -0.2) is 27.7 Å². The molecule has 0 fully saturated rings. The maximum atomic E-state index is 12.0. The molecule has 1 aromatic carbocycles. The Morgan fingerprint density at radius 1 is 1.29 bits per heavy atom.